The summed E-state index contributed by atoms with van der Waals surface area (Å²) in [5.41, 5.74) is 2.21. The summed E-state index contributed by atoms with van der Waals surface area (Å²) in [6.07, 6.45) is 1.57. The highest BCUT2D eigenvalue weighted by atomic mass is 32.2. The number of hydrogen-bond donors (Lipinski definition) is 1. The minimum atomic E-state index is -3.44. The number of nitrogens with zero attached hydrogens (tertiary/aromatic N) is 1. The van der Waals surface area contributed by atoms with Crippen LogP contribution in [0.2, 0.25) is 0 Å². The molecule has 5 nitrogen and oxygen atoms in total. The van der Waals surface area contributed by atoms with E-state index >= 15 is 0 Å². The molecule has 1 N–H and O–H groups in total. The Kier molecular flexibility index (Phi) is 7.31. The lowest BCUT2D eigenvalue weighted by molar-refractivity contribution is 0.189. The average molecular weight is 314 g/mol. The van der Waals surface area contributed by atoms with Crippen LogP contribution in [0.1, 0.15) is 24.5 Å². The van der Waals surface area contributed by atoms with Gasteiger partial charge < -0.3 is 10.1 Å². The van der Waals surface area contributed by atoms with Crippen LogP contribution >= 0.6 is 0 Å². The molecule has 0 aliphatic carbocycles. The molecule has 0 bridgehead atoms. The van der Waals surface area contributed by atoms with Gasteiger partial charge in [0.15, 0.2) is 0 Å². The van der Waals surface area contributed by atoms with Crippen LogP contribution in [0.4, 0.5) is 0 Å². The zero-order chi connectivity index (χ0) is 15.9. The Morgan fingerprint density at radius 2 is 2.00 bits per heavy atom. The summed E-state index contributed by atoms with van der Waals surface area (Å²) in [7, 11) is 1.64. The normalized spacial score (nSPS) is 12.0. The summed E-state index contributed by atoms with van der Waals surface area (Å²) in [5.74, 6) is 0. The smallest absolute Gasteiger partial charge is 0.242 e. The molecule has 0 aliphatic rings. The van der Waals surface area contributed by atoms with Crippen molar-refractivity contribution < 1.29 is 13.2 Å². The van der Waals surface area contributed by atoms with Crippen LogP contribution in [-0.2, 0) is 27.7 Å². The second kappa shape index (κ2) is 8.48. The maximum Gasteiger partial charge on any atom is 0.242 e. The summed E-state index contributed by atoms with van der Waals surface area (Å²) in [6, 6.07) is 5.38. The van der Waals surface area contributed by atoms with Crippen molar-refractivity contribution in [3.8, 4) is 0 Å². The standard InChI is InChI=1S/C15H26N2O3S/c1-5-13-7-8-15(11-14(13)12-16-2)21(18,19)17(3)9-6-10-20-4/h7-8,11,16H,5-6,9-10,12H2,1-4H3. The third-order valence-electron chi connectivity index (χ3n) is 3.46. The SMILES string of the molecule is CCc1ccc(S(=O)(=O)N(C)CCCOC)cc1CNC. The molecule has 0 heterocycles. The first kappa shape index (κ1) is 18.1. The molecule has 0 unspecified atom stereocenters. The Morgan fingerprint density at radius 1 is 1.29 bits per heavy atom. The van der Waals surface area contributed by atoms with Crippen LogP contribution in [0.25, 0.3) is 0 Å². The average Bonchev–Trinajstić information content (AvgIpc) is 2.47. The zero-order valence-corrected chi connectivity index (χ0v) is 14.2. The minimum Gasteiger partial charge on any atom is -0.385 e. The first-order chi connectivity index (χ1) is 9.97. The third-order valence-corrected chi connectivity index (χ3v) is 5.31. The highest BCUT2D eigenvalue weighted by Crippen LogP contribution is 2.20. The first-order valence-corrected chi connectivity index (χ1v) is 8.63. The molecule has 0 saturated carbocycles. The first-order valence-electron chi connectivity index (χ1n) is 7.19. The Morgan fingerprint density at radius 3 is 2.57 bits per heavy atom. The van der Waals surface area contributed by atoms with E-state index in [0.717, 1.165) is 12.0 Å². The molecule has 6 heteroatoms. The van der Waals surface area contributed by atoms with Gasteiger partial charge in [0.05, 0.1) is 4.90 Å². The second-order valence-corrected chi connectivity index (χ2v) is 7.03. The van der Waals surface area contributed by atoms with Crippen molar-refractivity contribution in [3.05, 3.63) is 29.3 Å². The molecule has 1 rings (SSSR count). The molecule has 0 aromatic heterocycles. The highest BCUT2D eigenvalue weighted by Gasteiger charge is 2.21. The molecule has 1 aromatic rings. The monoisotopic (exact) mass is 314 g/mol. The molecule has 0 saturated heterocycles. The summed E-state index contributed by atoms with van der Waals surface area (Å²) >= 11 is 0. The van der Waals surface area contributed by atoms with E-state index in [1.54, 1.807) is 26.3 Å². The van der Waals surface area contributed by atoms with E-state index in [2.05, 4.69) is 12.2 Å². The summed E-state index contributed by atoms with van der Waals surface area (Å²) < 4.78 is 31.4. The maximum atomic E-state index is 12.5. The Labute approximate surface area is 128 Å². The molecule has 21 heavy (non-hydrogen) atoms. The van der Waals surface area contributed by atoms with Gasteiger partial charge in [-0.15, -0.1) is 0 Å². The number of rotatable bonds is 9. The quantitative estimate of drug-likeness (QED) is 0.704. The Hall–Kier alpha value is -0.950. The number of hydrogen-bond acceptors (Lipinski definition) is 4. The van der Waals surface area contributed by atoms with Gasteiger partial charge in [0.25, 0.3) is 0 Å². The summed E-state index contributed by atoms with van der Waals surface area (Å²) in [4.78, 5) is 0.352. The molecule has 0 amide bonds. The van der Waals surface area contributed by atoms with Crippen molar-refractivity contribution in [2.45, 2.75) is 31.2 Å². The van der Waals surface area contributed by atoms with E-state index in [9.17, 15) is 8.42 Å². The van der Waals surface area contributed by atoms with Gasteiger partial charge in [-0.3, -0.25) is 0 Å². The molecule has 0 radical (unpaired) electrons. The van der Waals surface area contributed by atoms with Gasteiger partial charge in [0, 0.05) is 33.9 Å². The largest absolute Gasteiger partial charge is 0.385 e. The van der Waals surface area contributed by atoms with Crippen molar-refractivity contribution in [2.24, 2.45) is 0 Å². The zero-order valence-electron chi connectivity index (χ0n) is 13.3. The lowest BCUT2D eigenvalue weighted by atomic mass is 10.1. The topological polar surface area (TPSA) is 58.6 Å². The van der Waals surface area contributed by atoms with Gasteiger partial charge in [-0.1, -0.05) is 13.0 Å². The predicted molar refractivity (Wildman–Crippen MR) is 84.9 cm³/mol. The van der Waals surface area contributed by atoms with Gasteiger partial charge in [-0.25, -0.2) is 12.7 Å². The van der Waals surface area contributed by atoms with Gasteiger partial charge in [-0.05, 0) is 43.1 Å². The Bertz CT molecular complexity index is 544. The molecule has 0 aliphatic heterocycles. The summed E-state index contributed by atoms with van der Waals surface area (Å²) in [6.45, 7) is 3.74. The van der Waals surface area contributed by atoms with Crippen LogP contribution in [0.5, 0.6) is 0 Å². The van der Waals surface area contributed by atoms with E-state index in [4.69, 9.17) is 4.74 Å². The number of ether oxygens (including phenoxy) is 1. The van der Waals surface area contributed by atoms with E-state index < -0.39 is 10.0 Å². The van der Waals surface area contributed by atoms with Crippen LogP contribution < -0.4 is 5.32 Å². The summed E-state index contributed by atoms with van der Waals surface area (Å²) in [5, 5.41) is 3.08. The lowest BCUT2D eigenvalue weighted by Gasteiger charge is -2.18. The van der Waals surface area contributed by atoms with Gasteiger partial charge >= 0.3 is 0 Å². The molecule has 0 fully saturated rings. The van der Waals surface area contributed by atoms with E-state index in [1.807, 2.05) is 13.1 Å². The number of aryl methyl sites for hydroxylation is 1. The fraction of sp³-hybridized carbons (Fsp3) is 0.600. The number of nitrogens with one attached hydrogen (secondary N) is 1. The molecule has 0 atom stereocenters. The fourth-order valence-electron chi connectivity index (χ4n) is 2.19. The van der Waals surface area contributed by atoms with Crippen LogP contribution in [0.15, 0.2) is 23.1 Å². The lowest BCUT2D eigenvalue weighted by Crippen LogP contribution is -2.28. The van der Waals surface area contributed by atoms with Gasteiger partial charge in [0.1, 0.15) is 0 Å². The minimum absolute atomic E-state index is 0.352. The molecule has 1 aromatic carbocycles. The van der Waals surface area contributed by atoms with Crippen LogP contribution in [0.3, 0.4) is 0 Å². The van der Waals surface area contributed by atoms with Crippen LogP contribution in [0, 0.1) is 0 Å². The van der Waals surface area contributed by atoms with Crippen molar-refractivity contribution in [2.75, 3.05) is 34.4 Å². The number of methoxy groups -OCH3 is 1. The number of sulfonamides is 1. The van der Waals surface area contributed by atoms with Gasteiger partial charge in [-0.2, -0.15) is 0 Å². The van der Waals surface area contributed by atoms with Crippen molar-refractivity contribution in [1.29, 1.82) is 0 Å². The highest BCUT2D eigenvalue weighted by molar-refractivity contribution is 7.89. The molecule has 0 spiro atoms. The van der Waals surface area contributed by atoms with E-state index in [0.29, 0.717) is 31.0 Å². The van der Waals surface area contributed by atoms with E-state index in [-0.39, 0.29) is 0 Å². The van der Waals surface area contributed by atoms with Crippen molar-refractivity contribution >= 4 is 10.0 Å². The van der Waals surface area contributed by atoms with E-state index in [1.165, 1.54) is 9.87 Å². The predicted octanol–water partition coefficient (Wildman–Crippen LogP) is 1.63. The fourth-order valence-corrected chi connectivity index (χ4v) is 3.45. The molecular formula is C15H26N2O3S. The molecular weight excluding hydrogens is 288 g/mol. The second-order valence-electron chi connectivity index (χ2n) is 4.99. The molecule has 120 valence electrons. The van der Waals surface area contributed by atoms with Gasteiger partial charge in [0.2, 0.25) is 10.0 Å². The third kappa shape index (κ3) is 4.78. The van der Waals surface area contributed by atoms with Crippen molar-refractivity contribution in [3.63, 3.8) is 0 Å². The Balaban J connectivity index is 2.99. The maximum absolute atomic E-state index is 12.5. The number of benzene rings is 1. The van der Waals surface area contributed by atoms with Crippen LogP contribution in [-0.4, -0.2) is 47.1 Å². The van der Waals surface area contributed by atoms with Crippen molar-refractivity contribution in [1.82, 2.24) is 9.62 Å².